The summed E-state index contributed by atoms with van der Waals surface area (Å²) in [7, 11) is 1.38. The molecular formula is C23H21N5O2. The highest BCUT2D eigenvalue weighted by atomic mass is 16.5. The minimum absolute atomic E-state index is 0.224. The second-order valence-corrected chi connectivity index (χ2v) is 6.99. The van der Waals surface area contributed by atoms with Crippen molar-refractivity contribution in [1.29, 1.82) is 5.26 Å². The van der Waals surface area contributed by atoms with Crippen LogP contribution >= 0.6 is 0 Å². The molecule has 3 heterocycles. The summed E-state index contributed by atoms with van der Waals surface area (Å²) in [5.74, 6) is 0.532. The first-order valence-corrected chi connectivity index (χ1v) is 9.66. The maximum atomic E-state index is 11.8. The van der Waals surface area contributed by atoms with E-state index in [9.17, 15) is 10.1 Å². The molecule has 150 valence electrons. The molecule has 0 bridgehead atoms. The molecule has 7 nitrogen and oxygen atoms in total. The zero-order chi connectivity index (χ0) is 21.1. The van der Waals surface area contributed by atoms with Crippen LogP contribution in [0, 0.1) is 18.3 Å². The lowest BCUT2D eigenvalue weighted by Gasteiger charge is -2.18. The van der Waals surface area contributed by atoms with Crippen LogP contribution in [0.15, 0.2) is 48.8 Å². The molecule has 0 amide bonds. The van der Waals surface area contributed by atoms with Crippen molar-refractivity contribution in [2.24, 2.45) is 0 Å². The molecule has 0 spiro atoms. The normalized spacial score (nSPS) is 10.8. The number of ether oxygens (including phenoxy) is 1. The number of nitriles is 1. The van der Waals surface area contributed by atoms with Gasteiger partial charge in [-0.05, 0) is 48.2 Å². The lowest BCUT2D eigenvalue weighted by atomic mass is 10.00. The molecule has 30 heavy (non-hydrogen) atoms. The van der Waals surface area contributed by atoms with E-state index in [1.54, 1.807) is 12.4 Å². The van der Waals surface area contributed by atoms with Crippen molar-refractivity contribution >= 4 is 28.5 Å². The first kappa shape index (κ1) is 19.4. The Balaban J connectivity index is 1.93. The van der Waals surface area contributed by atoms with E-state index < -0.39 is 0 Å². The minimum atomic E-state index is -0.290. The van der Waals surface area contributed by atoms with Crippen molar-refractivity contribution in [1.82, 2.24) is 14.4 Å². The first-order chi connectivity index (χ1) is 14.6. The Labute approximate surface area is 173 Å². The molecule has 0 aliphatic rings. The number of carbonyl (C=O) groups excluding carboxylic acids is 1. The smallest absolute Gasteiger partial charge is 0.305 e. The van der Waals surface area contributed by atoms with Gasteiger partial charge in [0.2, 0.25) is 0 Å². The highest BCUT2D eigenvalue weighted by Gasteiger charge is 2.21. The molecule has 0 aliphatic heterocycles. The van der Waals surface area contributed by atoms with Gasteiger partial charge in [-0.15, -0.1) is 0 Å². The van der Waals surface area contributed by atoms with Gasteiger partial charge in [-0.3, -0.25) is 14.2 Å². The van der Waals surface area contributed by atoms with Gasteiger partial charge in [-0.2, -0.15) is 5.26 Å². The molecule has 1 N–H and O–H groups in total. The van der Waals surface area contributed by atoms with Crippen LogP contribution in [0.3, 0.4) is 0 Å². The van der Waals surface area contributed by atoms with E-state index in [-0.39, 0.29) is 12.4 Å². The topological polar surface area (TPSA) is 92.3 Å². The standard InChI is InChI=1S/C23H21N5O2/c1-15-17(9-10-21(29)30-2)22(26-14-16-6-5-11-25-13-16)28-20-8-4-3-7-19(20)27-23(28)18(15)12-24/h3-8,11,13,26H,9-10,14H2,1-2H3. The second-order valence-electron chi connectivity index (χ2n) is 6.99. The van der Waals surface area contributed by atoms with Crippen molar-refractivity contribution in [3.05, 3.63) is 71.0 Å². The average molecular weight is 399 g/mol. The molecule has 4 aromatic rings. The van der Waals surface area contributed by atoms with Gasteiger partial charge >= 0.3 is 5.97 Å². The van der Waals surface area contributed by atoms with Crippen molar-refractivity contribution in [3.8, 4) is 6.07 Å². The fourth-order valence-corrected chi connectivity index (χ4v) is 3.69. The molecule has 3 aromatic heterocycles. The van der Waals surface area contributed by atoms with E-state index in [1.807, 2.05) is 47.7 Å². The van der Waals surface area contributed by atoms with E-state index in [0.29, 0.717) is 24.2 Å². The number of benzene rings is 1. The van der Waals surface area contributed by atoms with Crippen molar-refractivity contribution in [2.75, 3.05) is 12.4 Å². The van der Waals surface area contributed by atoms with E-state index in [0.717, 1.165) is 33.5 Å². The molecule has 0 unspecified atom stereocenters. The largest absolute Gasteiger partial charge is 0.469 e. The first-order valence-electron chi connectivity index (χ1n) is 9.66. The number of para-hydroxylation sites is 2. The van der Waals surface area contributed by atoms with Crippen LogP contribution in [0.25, 0.3) is 16.7 Å². The highest BCUT2D eigenvalue weighted by molar-refractivity contribution is 5.86. The van der Waals surface area contributed by atoms with E-state index >= 15 is 0 Å². The van der Waals surface area contributed by atoms with Crippen LogP contribution in [-0.2, 0) is 22.5 Å². The lowest BCUT2D eigenvalue weighted by Crippen LogP contribution is -2.13. The summed E-state index contributed by atoms with van der Waals surface area (Å²) in [6, 6.07) is 14.0. The molecule has 1 aromatic carbocycles. The lowest BCUT2D eigenvalue weighted by molar-refractivity contribution is -0.140. The fraction of sp³-hybridized carbons (Fsp3) is 0.217. The van der Waals surface area contributed by atoms with Gasteiger partial charge in [-0.25, -0.2) is 4.98 Å². The van der Waals surface area contributed by atoms with Gasteiger partial charge in [0, 0.05) is 25.4 Å². The molecule has 0 radical (unpaired) electrons. The molecule has 7 heteroatoms. The Morgan fingerprint density at radius 2 is 2.10 bits per heavy atom. The number of nitrogens with one attached hydrogen (secondary N) is 1. The molecule has 0 saturated heterocycles. The predicted octanol–water partition coefficient (Wildman–Crippen LogP) is 3.78. The highest BCUT2D eigenvalue weighted by Crippen LogP contribution is 2.32. The van der Waals surface area contributed by atoms with E-state index in [1.165, 1.54) is 7.11 Å². The number of aromatic nitrogens is 3. The number of nitrogens with zero attached hydrogens (tertiary/aromatic N) is 4. The second kappa shape index (κ2) is 8.21. The van der Waals surface area contributed by atoms with Crippen LogP contribution < -0.4 is 5.32 Å². The maximum absolute atomic E-state index is 11.8. The number of esters is 1. The van der Waals surface area contributed by atoms with Gasteiger partial charge in [0.1, 0.15) is 11.9 Å². The van der Waals surface area contributed by atoms with Crippen LogP contribution in [0.1, 0.15) is 28.7 Å². The van der Waals surface area contributed by atoms with Gasteiger partial charge in [0.15, 0.2) is 5.65 Å². The van der Waals surface area contributed by atoms with Crippen molar-refractivity contribution in [3.63, 3.8) is 0 Å². The summed E-state index contributed by atoms with van der Waals surface area (Å²) in [6.07, 6.45) is 4.21. The molecule has 0 atom stereocenters. The minimum Gasteiger partial charge on any atom is -0.469 e. The SMILES string of the molecule is COC(=O)CCc1c(C)c(C#N)c2nc3ccccc3n2c1NCc1cccnc1. The molecule has 0 fully saturated rings. The van der Waals surface area contributed by atoms with Crippen LogP contribution in [0.5, 0.6) is 0 Å². The van der Waals surface area contributed by atoms with Gasteiger partial charge in [-0.1, -0.05) is 18.2 Å². The summed E-state index contributed by atoms with van der Waals surface area (Å²) in [5, 5.41) is 13.4. The molecule has 0 aliphatic carbocycles. The van der Waals surface area contributed by atoms with Crippen LogP contribution in [0.4, 0.5) is 5.82 Å². The number of pyridine rings is 2. The number of methoxy groups -OCH3 is 1. The quantitative estimate of drug-likeness (QED) is 0.496. The summed E-state index contributed by atoms with van der Waals surface area (Å²) >= 11 is 0. The average Bonchev–Trinajstić information content (AvgIpc) is 3.16. The third-order valence-corrected chi connectivity index (χ3v) is 5.22. The Morgan fingerprint density at radius 3 is 2.83 bits per heavy atom. The van der Waals surface area contributed by atoms with E-state index in [4.69, 9.17) is 9.72 Å². The third-order valence-electron chi connectivity index (χ3n) is 5.22. The van der Waals surface area contributed by atoms with Crippen molar-refractivity contribution < 1.29 is 9.53 Å². The summed E-state index contributed by atoms with van der Waals surface area (Å²) in [4.78, 5) is 20.7. The summed E-state index contributed by atoms with van der Waals surface area (Å²) in [5.41, 5.74) is 5.56. The summed E-state index contributed by atoms with van der Waals surface area (Å²) in [6.45, 7) is 2.45. The number of hydrogen-bond donors (Lipinski definition) is 1. The molecular weight excluding hydrogens is 378 g/mol. The van der Waals surface area contributed by atoms with Gasteiger partial charge in [0.05, 0.1) is 23.7 Å². The number of hydrogen-bond acceptors (Lipinski definition) is 6. The zero-order valence-corrected chi connectivity index (χ0v) is 16.8. The Morgan fingerprint density at radius 1 is 1.27 bits per heavy atom. The Hall–Kier alpha value is -3.92. The van der Waals surface area contributed by atoms with Crippen molar-refractivity contribution in [2.45, 2.75) is 26.3 Å². The number of rotatable bonds is 6. The number of fused-ring (bicyclic) bond motifs is 3. The Kier molecular flexibility index (Phi) is 5.31. The molecule has 4 rings (SSSR count). The number of imidazole rings is 1. The van der Waals surface area contributed by atoms with Crippen LogP contribution in [0.2, 0.25) is 0 Å². The third kappa shape index (κ3) is 3.44. The zero-order valence-electron chi connectivity index (χ0n) is 16.8. The van der Waals surface area contributed by atoms with Gasteiger partial charge in [0.25, 0.3) is 0 Å². The predicted molar refractivity (Wildman–Crippen MR) is 114 cm³/mol. The number of carbonyl (C=O) groups is 1. The van der Waals surface area contributed by atoms with Crippen LogP contribution in [-0.4, -0.2) is 27.4 Å². The maximum Gasteiger partial charge on any atom is 0.305 e. The number of anilines is 1. The Bertz CT molecular complexity index is 1270. The fourth-order valence-electron chi connectivity index (χ4n) is 3.69. The summed E-state index contributed by atoms with van der Waals surface area (Å²) < 4.78 is 6.80. The monoisotopic (exact) mass is 399 g/mol. The van der Waals surface area contributed by atoms with Gasteiger partial charge < -0.3 is 10.1 Å². The molecule has 0 saturated carbocycles. The van der Waals surface area contributed by atoms with E-state index in [2.05, 4.69) is 16.4 Å².